The fourth-order valence-corrected chi connectivity index (χ4v) is 4.23. The molecule has 1 saturated heterocycles. The predicted octanol–water partition coefficient (Wildman–Crippen LogP) is 4.39. The maximum atomic E-state index is 13.4. The number of rotatable bonds is 7. The molecule has 7 heteroatoms. The number of likely N-dealkylation sites (tertiary alicyclic amines) is 1. The van der Waals surface area contributed by atoms with E-state index < -0.39 is 0 Å². The van der Waals surface area contributed by atoms with Gasteiger partial charge < -0.3 is 24.7 Å². The van der Waals surface area contributed by atoms with E-state index in [0.29, 0.717) is 17.3 Å². The molecular weight excluding hydrogens is 416 g/mol. The standard InChI is InChI=1S/C26H32N4O3/c1-17(18-5-9-21(32-3)10-6-18)27-26(31)24-23(19-7-11-22(33-4)12-8-19)28-25(29-24)20-13-15-30(2)16-14-20/h5-12,17,20H,13-16H2,1-4H3,(H,27,31)(H,28,29)/t17-/m0/s1. The second kappa shape index (κ2) is 10.1. The summed E-state index contributed by atoms with van der Waals surface area (Å²) in [6.45, 7) is 4.03. The molecule has 0 saturated carbocycles. The number of benzene rings is 2. The molecule has 1 atom stereocenters. The number of hydrogen-bond acceptors (Lipinski definition) is 5. The van der Waals surface area contributed by atoms with Crippen LogP contribution in [0, 0.1) is 0 Å². The first-order valence-electron chi connectivity index (χ1n) is 11.4. The van der Waals surface area contributed by atoms with Crippen molar-refractivity contribution in [2.24, 2.45) is 0 Å². The minimum Gasteiger partial charge on any atom is -0.497 e. The van der Waals surface area contributed by atoms with E-state index in [0.717, 1.165) is 54.4 Å². The summed E-state index contributed by atoms with van der Waals surface area (Å²) >= 11 is 0. The average molecular weight is 449 g/mol. The Morgan fingerprint density at radius 2 is 1.61 bits per heavy atom. The van der Waals surface area contributed by atoms with Crippen LogP contribution in [-0.2, 0) is 0 Å². The number of amides is 1. The van der Waals surface area contributed by atoms with Crippen LogP contribution in [0.25, 0.3) is 11.3 Å². The van der Waals surface area contributed by atoms with Crippen molar-refractivity contribution in [1.29, 1.82) is 0 Å². The quantitative estimate of drug-likeness (QED) is 0.560. The van der Waals surface area contributed by atoms with E-state index in [9.17, 15) is 4.79 Å². The maximum absolute atomic E-state index is 13.4. The van der Waals surface area contributed by atoms with Crippen molar-refractivity contribution in [3.63, 3.8) is 0 Å². The number of methoxy groups -OCH3 is 2. The molecule has 33 heavy (non-hydrogen) atoms. The molecule has 1 amide bonds. The molecule has 4 rings (SSSR count). The van der Waals surface area contributed by atoms with Gasteiger partial charge in [-0.3, -0.25) is 4.79 Å². The lowest BCUT2D eigenvalue weighted by Gasteiger charge is -2.27. The highest BCUT2D eigenvalue weighted by atomic mass is 16.5. The summed E-state index contributed by atoms with van der Waals surface area (Å²) in [6.07, 6.45) is 2.05. The Balaban J connectivity index is 1.61. The van der Waals surface area contributed by atoms with Crippen LogP contribution in [0.15, 0.2) is 48.5 Å². The van der Waals surface area contributed by atoms with Crippen molar-refractivity contribution in [3.05, 3.63) is 65.6 Å². The van der Waals surface area contributed by atoms with Crippen LogP contribution in [-0.4, -0.2) is 55.1 Å². The van der Waals surface area contributed by atoms with Crippen LogP contribution in [0.5, 0.6) is 11.5 Å². The van der Waals surface area contributed by atoms with Crippen molar-refractivity contribution in [2.75, 3.05) is 34.4 Å². The second-order valence-electron chi connectivity index (χ2n) is 8.62. The van der Waals surface area contributed by atoms with Crippen molar-refractivity contribution < 1.29 is 14.3 Å². The first kappa shape index (κ1) is 22.9. The van der Waals surface area contributed by atoms with Gasteiger partial charge in [0.15, 0.2) is 0 Å². The molecule has 7 nitrogen and oxygen atoms in total. The van der Waals surface area contributed by atoms with Crippen LogP contribution in [0.2, 0.25) is 0 Å². The molecule has 2 aromatic carbocycles. The predicted molar refractivity (Wildman–Crippen MR) is 129 cm³/mol. The van der Waals surface area contributed by atoms with Gasteiger partial charge in [-0.15, -0.1) is 0 Å². The van der Waals surface area contributed by atoms with Gasteiger partial charge >= 0.3 is 0 Å². The molecule has 1 aromatic heterocycles. The minimum atomic E-state index is -0.171. The van der Waals surface area contributed by atoms with Gasteiger partial charge in [0, 0.05) is 11.5 Å². The number of hydrogen-bond donors (Lipinski definition) is 2. The van der Waals surface area contributed by atoms with Gasteiger partial charge in [0.1, 0.15) is 28.7 Å². The summed E-state index contributed by atoms with van der Waals surface area (Å²) in [6, 6.07) is 15.2. The van der Waals surface area contributed by atoms with Gasteiger partial charge in [-0.25, -0.2) is 4.98 Å². The molecule has 0 spiro atoms. The molecule has 174 valence electrons. The molecule has 1 aliphatic rings. The highest BCUT2D eigenvalue weighted by molar-refractivity contribution is 5.98. The van der Waals surface area contributed by atoms with Crippen LogP contribution < -0.4 is 14.8 Å². The summed E-state index contributed by atoms with van der Waals surface area (Å²) in [5.41, 5.74) is 3.05. The first-order valence-corrected chi connectivity index (χ1v) is 11.4. The highest BCUT2D eigenvalue weighted by Gasteiger charge is 2.26. The summed E-state index contributed by atoms with van der Waals surface area (Å²) in [5.74, 6) is 2.59. The van der Waals surface area contributed by atoms with E-state index >= 15 is 0 Å². The fourth-order valence-electron chi connectivity index (χ4n) is 4.23. The molecule has 2 heterocycles. The Kier molecular flexibility index (Phi) is 6.99. The number of aromatic amines is 1. The van der Waals surface area contributed by atoms with Gasteiger partial charge in [-0.05, 0) is 81.9 Å². The number of nitrogens with zero attached hydrogens (tertiary/aromatic N) is 2. The number of carbonyl (C=O) groups is 1. The third-order valence-corrected chi connectivity index (χ3v) is 6.38. The lowest BCUT2D eigenvalue weighted by molar-refractivity contribution is 0.0936. The highest BCUT2D eigenvalue weighted by Crippen LogP contribution is 2.31. The fraction of sp³-hybridized carbons (Fsp3) is 0.385. The third kappa shape index (κ3) is 5.20. The lowest BCUT2D eigenvalue weighted by atomic mass is 9.96. The Morgan fingerprint density at radius 3 is 2.18 bits per heavy atom. The van der Waals surface area contributed by atoms with Gasteiger partial charge in [0.25, 0.3) is 5.91 Å². The van der Waals surface area contributed by atoms with Crippen molar-refractivity contribution in [2.45, 2.75) is 31.7 Å². The van der Waals surface area contributed by atoms with Gasteiger partial charge in [-0.1, -0.05) is 12.1 Å². The van der Waals surface area contributed by atoms with Crippen LogP contribution in [0.1, 0.15) is 53.6 Å². The molecule has 2 N–H and O–H groups in total. The molecule has 0 radical (unpaired) electrons. The van der Waals surface area contributed by atoms with E-state index in [1.165, 1.54) is 0 Å². The normalized spacial score (nSPS) is 15.8. The molecule has 1 aliphatic heterocycles. The third-order valence-electron chi connectivity index (χ3n) is 6.38. The van der Waals surface area contributed by atoms with E-state index in [2.05, 4.69) is 22.2 Å². The lowest BCUT2D eigenvalue weighted by Crippen LogP contribution is -2.30. The van der Waals surface area contributed by atoms with Gasteiger partial charge in [0.2, 0.25) is 0 Å². The number of aromatic nitrogens is 2. The number of ether oxygens (including phenoxy) is 2. The van der Waals surface area contributed by atoms with Crippen LogP contribution in [0.3, 0.4) is 0 Å². The smallest absolute Gasteiger partial charge is 0.270 e. The maximum Gasteiger partial charge on any atom is 0.270 e. The van der Waals surface area contributed by atoms with Gasteiger partial charge in [-0.2, -0.15) is 0 Å². The Morgan fingerprint density at radius 1 is 1.03 bits per heavy atom. The zero-order valence-corrected chi connectivity index (χ0v) is 19.7. The Hall–Kier alpha value is -3.32. The number of nitrogens with one attached hydrogen (secondary N) is 2. The Labute approximate surface area is 195 Å². The van der Waals surface area contributed by atoms with Crippen molar-refractivity contribution in [3.8, 4) is 22.8 Å². The van der Waals surface area contributed by atoms with Gasteiger partial charge in [0.05, 0.1) is 20.3 Å². The van der Waals surface area contributed by atoms with Crippen LogP contribution in [0.4, 0.5) is 0 Å². The van der Waals surface area contributed by atoms with Crippen molar-refractivity contribution >= 4 is 5.91 Å². The molecule has 0 aliphatic carbocycles. The topological polar surface area (TPSA) is 79.5 Å². The molecule has 1 fully saturated rings. The Bertz CT molecular complexity index is 1070. The summed E-state index contributed by atoms with van der Waals surface area (Å²) in [4.78, 5) is 24.0. The van der Waals surface area contributed by atoms with E-state index in [4.69, 9.17) is 14.5 Å². The van der Waals surface area contributed by atoms with E-state index in [-0.39, 0.29) is 11.9 Å². The molecule has 3 aromatic rings. The van der Waals surface area contributed by atoms with Crippen molar-refractivity contribution in [1.82, 2.24) is 20.2 Å². The number of carbonyl (C=O) groups excluding carboxylic acids is 1. The van der Waals surface area contributed by atoms with Crippen LogP contribution >= 0.6 is 0 Å². The van der Waals surface area contributed by atoms with E-state index in [1.807, 2.05) is 55.5 Å². The summed E-state index contributed by atoms with van der Waals surface area (Å²) < 4.78 is 10.5. The minimum absolute atomic E-state index is 0.165. The molecule has 0 unspecified atom stereocenters. The second-order valence-corrected chi connectivity index (χ2v) is 8.62. The first-order chi connectivity index (χ1) is 16.0. The number of H-pyrrole nitrogens is 1. The zero-order valence-electron chi connectivity index (χ0n) is 19.7. The SMILES string of the molecule is COc1ccc(-c2nc(C3CCN(C)CC3)[nH]c2C(=O)N[C@@H](C)c2ccc(OC)cc2)cc1. The molecular formula is C26H32N4O3. The monoisotopic (exact) mass is 448 g/mol. The number of piperidine rings is 1. The number of imidazole rings is 1. The summed E-state index contributed by atoms with van der Waals surface area (Å²) in [7, 11) is 5.42. The summed E-state index contributed by atoms with van der Waals surface area (Å²) in [5, 5.41) is 3.12. The average Bonchev–Trinajstić information content (AvgIpc) is 3.30. The molecule has 0 bridgehead atoms. The largest absolute Gasteiger partial charge is 0.497 e. The zero-order chi connectivity index (χ0) is 23.4. The van der Waals surface area contributed by atoms with E-state index in [1.54, 1.807) is 14.2 Å².